The number of hydrogen-bond donors (Lipinski definition) is 0. The Hall–Kier alpha value is -1.15. The number of methoxy groups -OCH3 is 1. The predicted octanol–water partition coefficient (Wildman–Crippen LogP) is 1.85. The molecule has 0 aromatic heterocycles. The van der Waals surface area contributed by atoms with Crippen LogP contribution in [-0.4, -0.2) is 13.7 Å². The monoisotopic (exact) mass is 127 g/mol. The first-order valence-electron chi connectivity index (χ1n) is 2.55. The van der Waals surface area contributed by atoms with E-state index in [9.17, 15) is 0 Å². The Morgan fingerprint density at radius 2 is 2.56 bits per heavy atom. The second-order valence-electron chi connectivity index (χ2n) is 1.35. The van der Waals surface area contributed by atoms with Crippen LogP contribution in [0, 0.1) is 0 Å². The number of ether oxygens (including phenoxy) is 1. The molecule has 0 spiro atoms. The van der Waals surface area contributed by atoms with Crippen LogP contribution in [0.1, 0.15) is 6.92 Å². The van der Waals surface area contributed by atoms with Crippen LogP contribution < -0.4 is 0 Å². The third-order valence-electron chi connectivity index (χ3n) is 0.874. The zero-order valence-corrected chi connectivity index (χ0v) is 5.53. The summed E-state index contributed by atoms with van der Waals surface area (Å²) in [4.78, 5) is 2.58. The lowest BCUT2D eigenvalue weighted by atomic mass is 10.5. The molecule has 0 aliphatic carbocycles. The molecule has 0 atom stereocenters. The van der Waals surface area contributed by atoms with Crippen molar-refractivity contribution in [1.82, 2.24) is 0 Å². The molecule has 0 aromatic carbocycles. The fraction of sp³-hybridized carbons (Fsp3) is 0.600. The smallest absolute Gasteiger partial charge is 0.0971 e. The van der Waals surface area contributed by atoms with Gasteiger partial charge in [-0.15, -0.1) is 0 Å². The molecule has 0 N–H and O–H groups in total. The molecule has 0 aliphatic rings. The highest BCUT2D eigenvalue weighted by Gasteiger charge is 1.87. The molecule has 4 nitrogen and oxygen atoms in total. The van der Waals surface area contributed by atoms with Crippen LogP contribution >= 0.6 is 0 Å². The van der Waals surface area contributed by atoms with Crippen LogP contribution in [0.15, 0.2) is 16.9 Å². The number of azide groups is 1. The predicted molar refractivity (Wildman–Crippen MR) is 34.8 cm³/mol. The van der Waals surface area contributed by atoms with Gasteiger partial charge in [-0.25, -0.2) is 0 Å². The molecule has 0 unspecified atom stereocenters. The lowest BCUT2D eigenvalue weighted by molar-refractivity contribution is 0.286. The Kier molecular flexibility index (Phi) is 4.36. The van der Waals surface area contributed by atoms with Gasteiger partial charge in [0.25, 0.3) is 0 Å². The van der Waals surface area contributed by atoms with Crippen molar-refractivity contribution >= 4 is 0 Å². The van der Waals surface area contributed by atoms with Crippen LogP contribution in [0.25, 0.3) is 10.4 Å². The maximum Gasteiger partial charge on any atom is 0.0971 e. The Morgan fingerprint density at radius 3 is 2.89 bits per heavy atom. The Bertz CT molecular complexity index is 146. The molecule has 50 valence electrons. The molecule has 0 fully saturated rings. The van der Waals surface area contributed by atoms with Crippen LogP contribution in [0.3, 0.4) is 0 Å². The molecule has 0 aliphatic heterocycles. The molecule has 0 aromatic rings. The average Bonchev–Trinajstić information content (AvgIpc) is 1.91. The van der Waals surface area contributed by atoms with Crippen molar-refractivity contribution in [3.05, 3.63) is 22.3 Å². The van der Waals surface area contributed by atoms with Crippen molar-refractivity contribution in [2.45, 2.75) is 6.92 Å². The highest BCUT2D eigenvalue weighted by molar-refractivity contribution is 4.92. The van der Waals surface area contributed by atoms with Gasteiger partial charge in [0, 0.05) is 4.91 Å². The first-order valence-corrected chi connectivity index (χ1v) is 2.55. The van der Waals surface area contributed by atoms with E-state index in [1.807, 2.05) is 6.92 Å². The maximum atomic E-state index is 7.88. The summed E-state index contributed by atoms with van der Waals surface area (Å²) in [5.74, 6) is 0.688. The van der Waals surface area contributed by atoms with Gasteiger partial charge < -0.3 is 4.74 Å². The van der Waals surface area contributed by atoms with Gasteiger partial charge in [0.05, 0.1) is 19.4 Å². The molecular formula is C5H9N3O. The third-order valence-corrected chi connectivity index (χ3v) is 0.874. The minimum atomic E-state index is 0.295. The second kappa shape index (κ2) is 5.00. The fourth-order valence-electron chi connectivity index (χ4n) is 0.375. The topological polar surface area (TPSA) is 58.0 Å². The lowest BCUT2D eigenvalue weighted by Gasteiger charge is -1.97. The molecule has 0 radical (unpaired) electrons. The quantitative estimate of drug-likeness (QED) is 0.247. The first kappa shape index (κ1) is 7.85. The lowest BCUT2D eigenvalue weighted by Crippen LogP contribution is -1.88. The van der Waals surface area contributed by atoms with Crippen molar-refractivity contribution in [2.75, 3.05) is 13.7 Å². The molecule has 0 heterocycles. The van der Waals surface area contributed by atoms with Gasteiger partial charge in [-0.3, -0.25) is 0 Å². The first-order chi connectivity index (χ1) is 4.35. The number of allylic oxidation sites excluding steroid dienone is 1. The molecule has 4 heteroatoms. The molecule has 0 saturated heterocycles. The summed E-state index contributed by atoms with van der Waals surface area (Å²) < 4.78 is 4.80. The Balaban J connectivity index is 3.71. The molecular weight excluding hydrogens is 118 g/mol. The van der Waals surface area contributed by atoms with Gasteiger partial charge in [0.15, 0.2) is 0 Å². The van der Waals surface area contributed by atoms with Crippen LogP contribution in [0.4, 0.5) is 0 Å². The summed E-state index contributed by atoms with van der Waals surface area (Å²) in [5, 5.41) is 3.30. The third kappa shape index (κ3) is 3.43. The van der Waals surface area contributed by atoms with Crippen molar-refractivity contribution in [1.29, 1.82) is 0 Å². The van der Waals surface area contributed by atoms with Crippen LogP contribution in [-0.2, 0) is 4.74 Å². The molecule has 0 rings (SSSR count). The van der Waals surface area contributed by atoms with E-state index in [0.717, 1.165) is 0 Å². The van der Waals surface area contributed by atoms with Crippen LogP contribution in [0.2, 0.25) is 0 Å². The van der Waals surface area contributed by atoms with Crippen LogP contribution in [0.5, 0.6) is 0 Å². The highest BCUT2D eigenvalue weighted by atomic mass is 16.5. The zero-order valence-electron chi connectivity index (χ0n) is 5.53. The van der Waals surface area contributed by atoms with E-state index in [0.29, 0.717) is 12.3 Å². The zero-order chi connectivity index (χ0) is 7.11. The van der Waals surface area contributed by atoms with Crippen molar-refractivity contribution in [2.24, 2.45) is 5.11 Å². The van der Waals surface area contributed by atoms with Crippen molar-refractivity contribution < 1.29 is 4.74 Å². The second-order valence-corrected chi connectivity index (χ2v) is 1.35. The summed E-state index contributed by atoms with van der Waals surface area (Å²) in [6.45, 7) is 2.12. The number of rotatable bonds is 3. The van der Waals surface area contributed by atoms with E-state index in [1.54, 1.807) is 13.2 Å². The van der Waals surface area contributed by atoms with Gasteiger partial charge in [-0.05, 0) is 18.5 Å². The standard InChI is InChI=1S/C5H9N3O/c1-3-5(9-2)4-7-8-6/h3H,4H2,1-2H3/b5-3-. The number of hydrogen-bond acceptors (Lipinski definition) is 2. The molecule has 0 amide bonds. The Morgan fingerprint density at radius 1 is 1.89 bits per heavy atom. The minimum absolute atomic E-state index is 0.295. The van der Waals surface area contributed by atoms with Crippen molar-refractivity contribution in [3.8, 4) is 0 Å². The summed E-state index contributed by atoms with van der Waals surface area (Å²) in [6, 6.07) is 0. The van der Waals surface area contributed by atoms with Gasteiger partial charge in [-0.2, -0.15) is 0 Å². The van der Waals surface area contributed by atoms with E-state index in [1.165, 1.54) is 0 Å². The SMILES string of the molecule is C/C=C(/CN=[N+]=[N-])OC. The maximum absolute atomic E-state index is 7.88. The summed E-state index contributed by atoms with van der Waals surface area (Å²) in [5.41, 5.74) is 7.88. The largest absolute Gasteiger partial charge is 0.501 e. The van der Waals surface area contributed by atoms with E-state index in [2.05, 4.69) is 10.0 Å². The van der Waals surface area contributed by atoms with Gasteiger partial charge >= 0.3 is 0 Å². The normalized spacial score (nSPS) is 10.2. The van der Waals surface area contributed by atoms with E-state index in [4.69, 9.17) is 10.3 Å². The van der Waals surface area contributed by atoms with Gasteiger partial charge in [-0.1, -0.05) is 5.11 Å². The summed E-state index contributed by atoms with van der Waals surface area (Å²) in [6.07, 6.45) is 1.76. The van der Waals surface area contributed by atoms with Gasteiger partial charge in [0.1, 0.15) is 0 Å². The van der Waals surface area contributed by atoms with Gasteiger partial charge in [0.2, 0.25) is 0 Å². The number of nitrogens with zero attached hydrogens (tertiary/aromatic N) is 3. The molecule has 0 saturated carbocycles. The van der Waals surface area contributed by atoms with Crippen molar-refractivity contribution in [3.63, 3.8) is 0 Å². The van der Waals surface area contributed by atoms with E-state index in [-0.39, 0.29) is 0 Å². The summed E-state index contributed by atoms with van der Waals surface area (Å²) in [7, 11) is 1.54. The fourth-order valence-corrected chi connectivity index (χ4v) is 0.375. The highest BCUT2D eigenvalue weighted by Crippen LogP contribution is 1.93. The van der Waals surface area contributed by atoms with E-state index < -0.39 is 0 Å². The molecule has 9 heavy (non-hydrogen) atoms. The average molecular weight is 127 g/mol. The minimum Gasteiger partial charge on any atom is -0.501 e. The Labute approximate surface area is 53.8 Å². The van der Waals surface area contributed by atoms with E-state index >= 15 is 0 Å². The summed E-state index contributed by atoms with van der Waals surface area (Å²) >= 11 is 0. The molecule has 0 bridgehead atoms.